The molecule has 7 heteroatoms. The van der Waals surface area contributed by atoms with E-state index >= 15 is 0 Å². The molecule has 3 aromatic carbocycles. The summed E-state index contributed by atoms with van der Waals surface area (Å²) >= 11 is 0. The monoisotopic (exact) mass is 506 g/mol. The lowest BCUT2D eigenvalue weighted by Crippen LogP contribution is -2.37. The molecule has 1 N–H and O–H groups in total. The van der Waals surface area contributed by atoms with Crippen LogP contribution in [0.4, 0.5) is 5.69 Å². The van der Waals surface area contributed by atoms with Crippen LogP contribution in [-0.4, -0.2) is 51.7 Å². The lowest BCUT2D eigenvalue weighted by Gasteiger charge is -2.35. The Labute approximate surface area is 214 Å². The fourth-order valence-electron chi connectivity index (χ4n) is 4.77. The van der Waals surface area contributed by atoms with E-state index in [1.54, 1.807) is 43.5 Å². The van der Waals surface area contributed by atoms with Crippen molar-refractivity contribution in [2.75, 3.05) is 31.8 Å². The number of nitrogens with one attached hydrogen (secondary N) is 1. The number of piperidine rings is 1. The first-order chi connectivity index (χ1) is 17.2. The number of carbonyl (C=O) groups is 1. The van der Waals surface area contributed by atoms with Gasteiger partial charge in [-0.2, -0.15) is 0 Å². The van der Waals surface area contributed by atoms with E-state index in [2.05, 4.69) is 24.1 Å². The summed E-state index contributed by atoms with van der Waals surface area (Å²) in [7, 11) is -1.54. The molecule has 0 aliphatic carbocycles. The number of ether oxygens (including phenoxy) is 1. The summed E-state index contributed by atoms with van der Waals surface area (Å²) < 4.78 is 29.0. The number of rotatable bonds is 7. The maximum atomic E-state index is 13.0. The average Bonchev–Trinajstić information content (AvgIpc) is 2.88. The molecule has 0 saturated carbocycles. The first-order valence-electron chi connectivity index (χ1n) is 12.3. The maximum absolute atomic E-state index is 13.0. The summed E-state index contributed by atoms with van der Waals surface area (Å²) in [6, 6.07) is 20.4. The summed E-state index contributed by atoms with van der Waals surface area (Å²) in [6.45, 7) is 6.59. The standard InChI is InChI=1S/C29H34N2O4S/c1-20(2)31-17-15-23(16-18-31)27-19-25(11-14-28(27)35-3)30-29(32)24-7-5-21(6-8-24)22-9-12-26(13-10-22)36(4,33)34/h5-14,19-20,23H,15-18H2,1-4H3,(H,30,32). The average molecular weight is 507 g/mol. The van der Waals surface area contributed by atoms with Gasteiger partial charge in [-0.05, 0) is 105 Å². The third kappa shape index (κ3) is 5.97. The molecule has 1 fully saturated rings. The number of likely N-dealkylation sites (tertiary alicyclic amines) is 1. The van der Waals surface area contributed by atoms with Gasteiger partial charge in [-0.25, -0.2) is 8.42 Å². The lowest BCUT2D eigenvalue weighted by molar-refractivity contribution is 0.102. The van der Waals surface area contributed by atoms with Crippen LogP contribution in [0.15, 0.2) is 71.6 Å². The first kappa shape index (κ1) is 25.9. The quantitative estimate of drug-likeness (QED) is 0.451. The molecule has 0 unspecified atom stereocenters. The molecule has 3 aromatic rings. The second-order valence-corrected chi connectivity index (χ2v) is 11.7. The fourth-order valence-corrected chi connectivity index (χ4v) is 5.40. The van der Waals surface area contributed by atoms with Gasteiger partial charge in [0.1, 0.15) is 5.75 Å². The summed E-state index contributed by atoms with van der Waals surface area (Å²) in [6.07, 6.45) is 3.33. The van der Waals surface area contributed by atoms with E-state index < -0.39 is 9.84 Å². The van der Waals surface area contributed by atoms with E-state index in [0.29, 0.717) is 17.5 Å². The van der Waals surface area contributed by atoms with Crippen LogP contribution in [0.3, 0.4) is 0 Å². The molecule has 1 heterocycles. The number of hydrogen-bond acceptors (Lipinski definition) is 5. The Hall–Kier alpha value is -3.16. The zero-order valence-electron chi connectivity index (χ0n) is 21.3. The number of benzene rings is 3. The Morgan fingerprint density at radius 2 is 1.53 bits per heavy atom. The van der Waals surface area contributed by atoms with Crippen molar-refractivity contribution in [3.63, 3.8) is 0 Å². The highest BCUT2D eigenvalue weighted by Gasteiger charge is 2.24. The molecule has 1 saturated heterocycles. The predicted octanol–water partition coefficient (Wildman–Crippen LogP) is 5.61. The number of methoxy groups -OCH3 is 1. The minimum Gasteiger partial charge on any atom is -0.496 e. The van der Waals surface area contributed by atoms with E-state index in [0.717, 1.165) is 54.1 Å². The van der Waals surface area contributed by atoms with Gasteiger partial charge < -0.3 is 15.0 Å². The van der Waals surface area contributed by atoms with Crippen LogP contribution in [0.5, 0.6) is 5.75 Å². The highest BCUT2D eigenvalue weighted by Crippen LogP contribution is 2.36. The van der Waals surface area contributed by atoms with Gasteiger partial charge in [-0.1, -0.05) is 24.3 Å². The van der Waals surface area contributed by atoms with E-state index in [-0.39, 0.29) is 10.8 Å². The Morgan fingerprint density at radius 3 is 2.06 bits per heavy atom. The second kappa shape index (κ2) is 10.8. The highest BCUT2D eigenvalue weighted by atomic mass is 32.2. The van der Waals surface area contributed by atoms with Crippen molar-refractivity contribution < 1.29 is 17.9 Å². The van der Waals surface area contributed by atoms with Crippen molar-refractivity contribution in [3.8, 4) is 16.9 Å². The topological polar surface area (TPSA) is 75.7 Å². The van der Waals surface area contributed by atoms with Crippen LogP contribution in [0, 0.1) is 0 Å². The van der Waals surface area contributed by atoms with Crippen molar-refractivity contribution in [2.45, 2.75) is 43.5 Å². The number of sulfone groups is 1. The van der Waals surface area contributed by atoms with Gasteiger partial charge in [0.15, 0.2) is 9.84 Å². The van der Waals surface area contributed by atoms with E-state index in [9.17, 15) is 13.2 Å². The van der Waals surface area contributed by atoms with Gasteiger partial charge in [0.05, 0.1) is 12.0 Å². The SMILES string of the molecule is COc1ccc(NC(=O)c2ccc(-c3ccc(S(C)(=O)=O)cc3)cc2)cc1C1CCN(C(C)C)CC1. The van der Waals surface area contributed by atoms with Gasteiger partial charge in [-0.15, -0.1) is 0 Å². The van der Waals surface area contributed by atoms with Crippen LogP contribution in [-0.2, 0) is 9.84 Å². The van der Waals surface area contributed by atoms with Gasteiger partial charge in [0, 0.05) is 23.5 Å². The van der Waals surface area contributed by atoms with Crippen molar-refractivity contribution in [3.05, 3.63) is 77.9 Å². The zero-order valence-corrected chi connectivity index (χ0v) is 22.1. The molecule has 36 heavy (non-hydrogen) atoms. The number of hydrogen-bond donors (Lipinski definition) is 1. The van der Waals surface area contributed by atoms with Crippen molar-refractivity contribution in [1.82, 2.24) is 4.90 Å². The largest absolute Gasteiger partial charge is 0.496 e. The summed E-state index contributed by atoms with van der Waals surface area (Å²) in [4.78, 5) is 15.7. The molecule has 1 aliphatic heterocycles. The Bertz CT molecular complexity index is 1310. The highest BCUT2D eigenvalue weighted by molar-refractivity contribution is 7.90. The normalized spacial score (nSPS) is 15.1. The molecule has 190 valence electrons. The number of carbonyl (C=O) groups excluding carboxylic acids is 1. The number of amides is 1. The summed E-state index contributed by atoms with van der Waals surface area (Å²) in [5.41, 5.74) is 4.24. The van der Waals surface area contributed by atoms with E-state index in [4.69, 9.17) is 4.74 Å². The van der Waals surface area contributed by atoms with Gasteiger partial charge in [-0.3, -0.25) is 4.79 Å². The molecule has 6 nitrogen and oxygen atoms in total. The third-order valence-corrected chi connectivity index (χ3v) is 8.08. The molecule has 1 amide bonds. The van der Waals surface area contributed by atoms with Crippen molar-refractivity contribution in [1.29, 1.82) is 0 Å². The Kier molecular flexibility index (Phi) is 7.81. The molecule has 0 aromatic heterocycles. The second-order valence-electron chi connectivity index (χ2n) is 9.69. The van der Waals surface area contributed by atoms with E-state index in [1.165, 1.54) is 6.26 Å². The molecule has 4 rings (SSSR count). The third-order valence-electron chi connectivity index (χ3n) is 6.95. The van der Waals surface area contributed by atoms with Crippen LogP contribution in [0.2, 0.25) is 0 Å². The Morgan fingerprint density at radius 1 is 0.944 bits per heavy atom. The Balaban J connectivity index is 1.46. The van der Waals surface area contributed by atoms with Crippen LogP contribution in [0.25, 0.3) is 11.1 Å². The van der Waals surface area contributed by atoms with Crippen LogP contribution in [0.1, 0.15) is 48.5 Å². The van der Waals surface area contributed by atoms with Crippen molar-refractivity contribution in [2.24, 2.45) is 0 Å². The number of anilines is 1. The summed E-state index contributed by atoms with van der Waals surface area (Å²) in [5.74, 6) is 1.09. The van der Waals surface area contributed by atoms with Gasteiger partial charge in [0.25, 0.3) is 5.91 Å². The molecule has 1 aliphatic rings. The minimum absolute atomic E-state index is 0.181. The lowest BCUT2D eigenvalue weighted by atomic mass is 9.88. The van der Waals surface area contributed by atoms with Gasteiger partial charge in [0.2, 0.25) is 0 Å². The minimum atomic E-state index is -3.23. The fraction of sp³-hybridized carbons (Fsp3) is 0.345. The first-order valence-corrected chi connectivity index (χ1v) is 14.2. The predicted molar refractivity (Wildman–Crippen MR) is 145 cm³/mol. The number of nitrogens with zero attached hydrogens (tertiary/aromatic N) is 1. The van der Waals surface area contributed by atoms with Crippen molar-refractivity contribution >= 4 is 21.4 Å². The molecule has 0 bridgehead atoms. The smallest absolute Gasteiger partial charge is 0.255 e. The molecule has 0 spiro atoms. The molecular weight excluding hydrogens is 472 g/mol. The van der Waals surface area contributed by atoms with Crippen LogP contribution < -0.4 is 10.1 Å². The molecule has 0 radical (unpaired) electrons. The molecular formula is C29H34N2O4S. The van der Waals surface area contributed by atoms with Gasteiger partial charge >= 0.3 is 0 Å². The molecule has 0 atom stereocenters. The summed E-state index contributed by atoms with van der Waals surface area (Å²) in [5, 5.41) is 3.03. The maximum Gasteiger partial charge on any atom is 0.255 e. The van der Waals surface area contributed by atoms with E-state index in [1.807, 2.05) is 30.3 Å². The zero-order chi connectivity index (χ0) is 25.9. The van der Waals surface area contributed by atoms with Crippen LogP contribution >= 0.6 is 0 Å².